The van der Waals surface area contributed by atoms with Gasteiger partial charge in [0.05, 0.1) is 0 Å². The zero-order valence-corrected chi connectivity index (χ0v) is 19.8. The third-order valence-corrected chi connectivity index (χ3v) is 8.19. The smallest absolute Gasteiger partial charge is 0.136 e. The maximum absolute atomic E-state index is 2.62. The highest BCUT2D eigenvalue weighted by Crippen LogP contribution is 2.58. The van der Waals surface area contributed by atoms with Gasteiger partial charge in [0.1, 0.15) is 6.17 Å². The van der Waals surface area contributed by atoms with Gasteiger partial charge in [-0.1, -0.05) is 68.7 Å². The second kappa shape index (κ2) is 7.58. The van der Waals surface area contributed by atoms with Crippen LogP contribution in [0.25, 0.3) is 0 Å². The van der Waals surface area contributed by atoms with Gasteiger partial charge in [-0.2, -0.15) is 0 Å². The second-order valence-corrected chi connectivity index (χ2v) is 10.1. The first-order valence-electron chi connectivity index (χ1n) is 12.0. The van der Waals surface area contributed by atoms with Crippen LogP contribution in [-0.4, -0.2) is 4.90 Å². The highest BCUT2D eigenvalue weighted by molar-refractivity contribution is 5.64. The molecule has 2 heterocycles. The lowest BCUT2D eigenvalue weighted by Crippen LogP contribution is -2.32. The molecule has 2 nitrogen and oxygen atoms in total. The van der Waals surface area contributed by atoms with E-state index in [0.717, 1.165) is 5.92 Å². The molecular formula is C29H36N2. The number of rotatable bonds is 3. The molecule has 162 valence electrons. The van der Waals surface area contributed by atoms with Crippen LogP contribution >= 0.6 is 0 Å². The number of benzene rings is 2. The predicted molar refractivity (Wildman–Crippen MR) is 131 cm³/mol. The van der Waals surface area contributed by atoms with Crippen molar-refractivity contribution < 1.29 is 0 Å². The molecule has 2 aromatic rings. The van der Waals surface area contributed by atoms with Crippen LogP contribution in [0.5, 0.6) is 0 Å². The van der Waals surface area contributed by atoms with Gasteiger partial charge in [-0.05, 0) is 69.2 Å². The van der Waals surface area contributed by atoms with E-state index in [0.29, 0.717) is 0 Å². The van der Waals surface area contributed by atoms with E-state index in [2.05, 4.69) is 99.2 Å². The molecule has 2 aliphatic heterocycles. The fourth-order valence-corrected chi connectivity index (χ4v) is 6.55. The Balaban J connectivity index is 1.70. The molecule has 1 aliphatic carbocycles. The van der Waals surface area contributed by atoms with Gasteiger partial charge in [0.2, 0.25) is 0 Å². The Kier molecular flexibility index (Phi) is 5.00. The average Bonchev–Trinajstić information content (AvgIpc) is 3.26. The summed E-state index contributed by atoms with van der Waals surface area (Å²) in [6.07, 6.45) is 12.0. The average molecular weight is 413 g/mol. The van der Waals surface area contributed by atoms with Crippen molar-refractivity contribution in [1.82, 2.24) is 4.90 Å². The van der Waals surface area contributed by atoms with Gasteiger partial charge in [0.25, 0.3) is 0 Å². The molecule has 0 amide bonds. The first-order valence-corrected chi connectivity index (χ1v) is 12.0. The summed E-state index contributed by atoms with van der Waals surface area (Å²) >= 11 is 0. The summed E-state index contributed by atoms with van der Waals surface area (Å²) in [6.45, 7) is 11.6. The van der Waals surface area contributed by atoms with Crippen molar-refractivity contribution in [2.75, 3.05) is 4.90 Å². The zero-order valence-electron chi connectivity index (χ0n) is 19.8. The molecular weight excluding hydrogens is 376 g/mol. The van der Waals surface area contributed by atoms with E-state index in [1.807, 2.05) is 0 Å². The molecule has 1 saturated carbocycles. The number of aryl methyl sites for hydroxylation is 3. The highest BCUT2D eigenvalue weighted by atomic mass is 15.4. The van der Waals surface area contributed by atoms with Crippen molar-refractivity contribution in [2.24, 2.45) is 11.3 Å². The number of allylic oxidation sites excluding steroid dienone is 2. The van der Waals surface area contributed by atoms with Gasteiger partial charge in [-0.3, -0.25) is 0 Å². The molecule has 2 aromatic carbocycles. The predicted octanol–water partition coefficient (Wildman–Crippen LogP) is 7.78. The van der Waals surface area contributed by atoms with Crippen molar-refractivity contribution in [3.63, 3.8) is 0 Å². The highest BCUT2D eigenvalue weighted by Gasteiger charge is 2.51. The van der Waals surface area contributed by atoms with Crippen molar-refractivity contribution >= 4 is 5.69 Å². The van der Waals surface area contributed by atoms with Crippen molar-refractivity contribution in [3.05, 3.63) is 88.4 Å². The van der Waals surface area contributed by atoms with Crippen molar-refractivity contribution in [2.45, 2.75) is 72.9 Å². The lowest BCUT2D eigenvalue weighted by atomic mass is 9.68. The molecule has 0 bridgehead atoms. The van der Waals surface area contributed by atoms with E-state index < -0.39 is 0 Å². The van der Waals surface area contributed by atoms with Gasteiger partial charge in [0, 0.05) is 34.3 Å². The van der Waals surface area contributed by atoms with E-state index in [4.69, 9.17) is 0 Å². The molecule has 0 radical (unpaired) electrons. The standard InChI is InChI=1S/C29H36N2/c1-20-12-9-10-17-25(20)31-23(4)27-29(5,24-15-7-6-8-16-24)18-19-30(27)28(31)26-21(2)13-11-14-22(26)3/h9-14,17-19,24,28H,6-8,15-16H2,1-5H3. The molecule has 0 N–H and O–H groups in total. The quantitative estimate of drug-likeness (QED) is 0.508. The molecule has 0 saturated heterocycles. The summed E-state index contributed by atoms with van der Waals surface area (Å²) in [5.41, 5.74) is 9.91. The summed E-state index contributed by atoms with van der Waals surface area (Å²) in [4.78, 5) is 5.22. The van der Waals surface area contributed by atoms with Crippen LogP contribution in [-0.2, 0) is 0 Å². The van der Waals surface area contributed by atoms with Crippen LogP contribution in [0.3, 0.4) is 0 Å². The largest absolute Gasteiger partial charge is 0.324 e. The Bertz CT molecular complexity index is 1040. The number of anilines is 1. The van der Waals surface area contributed by atoms with Crippen molar-refractivity contribution in [3.8, 4) is 0 Å². The maximum atomic E-state index is 2.62. The second-order valence-electron chi connectivity index (χ2n) is 10.1. The molecule has 0 aromatic heterocycles. The fraction of sp³-hybridized carbons (Fsp3) is 0.448. The van der Waals surface area contributed by atoms with E-state index in [1.165, 1.54) is 71.4 Å². The van der Waals surface area contributed by atoms with E-state index in [-0.39, 0.29) is 11.6 Å². The van der Waals surface area contributed by atoms with E-state index >= 15 is 0 Å². The van der Waals surface area contributed by atoms with Gasteiger partial charge >= 0.3 is 0 Å². The molecule has 2 unspecified atom stereocenters. The van der Waals surface area contributed by atoms with Crippen LogP contribution < -0.4 is 4.90 Å². The number of fused-ring (bicyclic) bond motifs is 1. The Morgan fingerprint density at radius 3 is 2.13 bits per heavy atom. The Morgan fingerprint density at radius 1 is 0.806 bits per heavy atom. The first-order chi connectivity index (χ1) is 14.9. The zero-order chi connectivity index (χ0) is 21.8. The molecule has 2 atom stereocenters. The third kappa shape index (κ3) is 3.06. The molecule has 5 rings (SSSR count). The molecule has 3 aliphatic rings. The van der Waals surface area contributed by atoms with Crippen LogP contribution in [0.1, 0.15) is 74.4 Å². The van der Waals surface area contributed by atoms with E-state index in [1.54, 1.807) is 0 Å². The topological polar surface area (TPSA) is 6.48 Å². The lowest BCUT2D eigenvalue weighted by Gasteiger charge is -2.38. The maximum Gasteiger partial charge on any atom is 0.136 e. The van der Waals surface area contributed by atoms with Crippen LogP contribution in [0.4, 0.5) is 5.69 Å². The summed E-state index contributed by atoms with van der Waals surface area (Å²) in [7, 11) is 0. The van der Waals surface area contributed by atoms with Gasteiger partial charge < -0.3 is 9.80 Å². The Morgan fingerprint density at radius 2 is 1.45 bits per heavy atom. The minimum absolute atomic E-state index is 0.122. The molecule has 1 fully saturated rings. The van der Waals surface area contributed by atoms with Crippen LogP contribution in [0.2, 0.25) is 0 Å². The van der Waals surface area contributed by atoms with Gasteiger partial charge in [-0.25, -0.2) is 0 Å². The Hall–Kier alpha value is -2.48. The fourth-order valence-electron chi connectivity index (χ4n) is 6.55. The summed E-state index contributed by atoms with van der Waals surface area (Å²) < 4.78 is 0. The SMILES string of the molecule is CC1=C2N(C=CC2(C)C2CCCCC2)C(c2c(C)cccc2C)N1c1ccccc1C. The van der Waals surface area contributed by atoms with Gasteiger partial charge in [-0.15, -0.1) is 0 Å². The van der Waals surface area contributed by atoms with Crippen molar-refractivity contribution in [1.29, 1.82) is 0 Å². The molecule has 31 heavy (non-hydrogen) atoms. The summed E-state index contributed by atoms with van der Waals surface area (Å²) in [5.74, 6) is 0.739. The normalized spacial score (nSPS) is 26.2. The third-order valence-electron chi connectivity index (χ3n) is 8.19. The first kappa shape index (κ1) is 20.4. The van der Waals surface area contributed by atoms with E-state index in [9.17, 15) is 0 Å². The number of hydrogen-bond donors (Lipinski definition) is 0. The number of hydrogen-bond acceptors (Lipinski definition) is 2. The molecule has 2 heteroatoms. The lowest BCUT2D eigenvalue weighted by molar-refractivity contribution is 0.204. The Labute approximate surface area is 188 Å². The number of para-hydroxylation sites is 1. The number of nitrogens with zero attached hydrogens (tertiary/aromatic N) is 2. The minimum atomic E-state index is 0.122. The summed E-state index contributed by atoms with van der Waals surface area (Å²) in [5, 5.41) is 0. The molecule has 0 spiro atoms. The monoisotopic (exact) mass is 412 g/mol. The van der Waals surface area contributed by atoms with Crippen LogP contribution in [0, 0.1) is 32.1 Å². The van der Waals surface area contributed by atoms with Crippen LogP contribution in [0.15, 0.2) is 66.1 Å². The van der Waals surface area contributed by atoms with Gasteiger partial charge in [0.15, 0.2) is 0 Å². The summed E-state index contributed by atoms with van der Waals surface area (Å²) in [6, 6.07) is 15.6. The minimum Gasteiger partial charge on any atom is -0.324 e.